The molecule has 3 N–H and O–H groups in total. The molecule has 4 unspecified atom stereocenters. The third-order valence-electron chi connectivity index (χ3n) is 9.21. The number of aliphatic hydroxyl groups is 1. The van der Waals surface area contributed by atoms with Crippen molar-refractivity contribution in [2.45, 2.75) is 70.1 Å². The average Bonchev–Trinajstić information content (AvgIpc) is 3.20. The normalized spacial score (nSPS) is 13.1. The van der Waals surface area contributed by atoms with Crippen LogP contribution in [0.1, 0.15) is 54.4 Å². The van der Waals surface area contributed by atoms with Crippen molar-refractivity contribution < 1.29 is 29.0 Å². The smallest absolute Gasteiger partial charge is 0.309 e. The number of carbonyl (C=O) groups is 3. The van der Waals surface area contributed by atoms with Crippen LogP contribution in [0.2, 0.25) is 0 Å². The van der Waals surface area contributed by atoms with E-state index >= 15 is 0 Å². The largest absolute Gasteiger partial charge is 0.489 e. The lowest BCUT2D eigenvalue weighted by atomic mass is 9.94. The number of ether oxygens (including phenoxy) is 2. The SMILES string of the molecule is C=CCCCC(Cc1ccccc1)C(=O)OCC(Cc1ccc(OCc2ccccc2)cc1)NC(=O)C(CC=C)CC(=O)NC(CO)Cc1ccccc1. The Morgan fingerprint density at radius 3 is 1.83 bits per heavy atom. The number of nitrogens with one attached hydrogen (secondary N) is 2. The van der Waals surface area contributed by atoms with Crippen molar-refractivity contribution >= 4 is 17.8 Å². The molecule has 0 saturated heterocycles. The van der Waals surface area contributed by atoms with E-state index in [9.17, 15) is 19.5 Å². The van der Waals surface area contributed by atoms with E-state index in [1.165, 1.54) is 0 Å². The summed E-state index contributed by atoms with van der Waals surface area (Å²) in [4.78, 5) is 40.6. The number of rotatable bonds is 24. The standard InChI is InChI=1S/C46H54N2O6/c1-3-5-9-23-40(28-35-17-10-6-11-18-35)46(52)54-34-42(30-37-24-26-43(27-25-37)53-33-38-21-14-8-15-22-38)48-45(51)39(16-4-2)31-44(50)47-41(32-49)29-36-19-12-7-13-20-36/h3-4,6-8,10-15,17-22,24-27,39-42,49H,1-2,5,9,16,23,28-34H2,(H,47,50)(H,48,51). The van der Waals surface area contributed by atoms with E-state index in [4.69, 9.17) is 9.47 Å². The molecule has 0 aliphatic carbocycles. The quantitative estimate of drug-likeness (QED) is 0.0395. The number of aliphatic hydroxyl groups excluding tert-OH is 1. The Hall–Kier alpha value is -5.47. The van der Waals surface area contributed by atoms with Crippen LogP contribution in [0.15, 0.2) is 141 Å². The molecule has 0 aromatic heterocycles. The third-order valence-corrected chi connectivity index (χ3v) is 9.21. The second kappa shape index (κ2) is 23.2. The van der Waals surface area contributed by atoms with E-state index in [0.717, 1.165) is 35.1 Å². The summed E-state index contributed by atoms with van der Waals surface area (Å²) in [5.41, 5.74) is 4.01. The Bertz CT molecular complexity index is 1710. The molecule has 4 atom stereocenters. The van der Waals surface area contributed by atoms with Gasteiger partial charge in [-0.1, -0.05) is 115 Å². The van der Waals surface area contributed by atoms with Crippen molar-refractivity contribution in [3.05, 3.63) is 163 Å². The average molecular weight is 731 g/mol. The molecule has 284 valence electrons. The van der Waals surface area contributed by atoms with E-state index in [0.29, 0.717) is 38.0 Å². The molecular formula is C46H54N2O6. The van der Waals surface area contributed by atoms with E-state index in [1.807, 2.05) is 121 Å². The Labute approximate surface area is 320 Å². The number of carbonyl (C=O) groups excluding carboxylic acids is 3. The second-order valence-electron chi connectivity index (χ2n) is 13.6. The van der Waals surface area contributed by atoms with Gasteiger partial charge in [0.25, 0.3) is 0 Å². The van der Waals surface area contributed by atoms with Gasteiger partial charge in [-0.2, -0.15) is 0 Å². The zero-order chi connectivity index (χ0) is 38.4. The number of unbranched alkanes of at least 4 members (excludes halogenated alkanes) is 1. The lowest BCUT2D eigenvalue weighted by Crippen LogP contribution is -2.45. The number of benzene rings is 4. The van der Waals surface area contributed by atoms with Gasteiger partial charge < -0.3 is 25.2 Å². The third kappa shape index (κ3) is 14.9. The van der Waals surface area contributed by atoms with Gasteiger partial charge in [0.05, 0.1) is 30.5 Å². The summed E-state index contributed by atoms with van der Waals surface area (Å²) >= 11 is 0. The van der Waals surface area contributed by atoms with Crippen molar-refractivity contribution in [2.24, 2.45) is 11.8 Å². The van der Waals surface area contributed by atoms with Gasteiger partial charge in [0, 0.05) is 6.42 Å². The topological polar surface area (TPSA) is 114 Å². The van der Waals surface area contributed by atoms with Gasteiger partial charge in [-0.15, -0.1) is 13.2 Å². The molecule has 0 spiro atoms. The fourth-order valence-corrected chi connectivity index (χ4v) is 6.28. The molecule has 8 heteroatoms. The van der Waals surface area contributed by atoms with Crippen LogP contribution in [0.4, 0.5) is 0 Å². The highest BCUT2D eigenvalue weighted by atomic mass is 16.5. The summed E-state index contributed by atoms with van der Waals surface area (Å²) in [6.45, 7) is 7.80. The van der Waals surface area contributed by atoms with Crippen LogP contribution in [0.3, 0.4) is 0 Å². The van der Waals surface area contributed by atoms with Crippen LogP contribution in [-0.4, -0.2) is 48.2 Å². The van der Waals surface area contributed by atoms with Gasteiger partial charge in [0.15, 0.2) is 0 Å². The minimum absolute atomic E-state index is 0.0414. The predicted molar refractivity (Wildman–Crippen MR) is 214 cm³/mol. The summed E-state index contributed by atoms with van der Waals surface area (Å²) in [5, 5.41) is 15.9. The van der Waals surface area contributed by atoms with Crippen LogP contribution in [0.5, 0.6) is 5.75 Å². The summed E-state index contributed by atoms with van der Waals surface area (Å²) < 4.78 is 11.9. The van der Waals surface area contributed by atoms with E-state index in [-0.39, 0.29) is 49.8 Å². The van der Waals surface area contributed by atoms with Gasteiger partial charge in [0.1, 0.15) is 19.0 Å². The Kier molecular flexibility index (Phi) is 17.8. The van der Waals surface area contributed by atoms with Gasteiger partial charge >= 0.3 is 5.97 Å². The Balaban J connectivity index is 1.44. The van der Waals surface area contributed by atoms with Gasteiger partial charge in [-0.05, 0) is 79.3 Å². The predicted octanol–water partition coefficient (Wildman–Crippen LogP) is 7.35. The highest BCUT2D eigenvalue weighted by Gasteiger charge is 2.27. The Morgan fingerprint density at radius 2 is 1.24 bits per heavy atom. The molecule has 0 aliphatic rings. The van der Waals surface area contributed by atoms with Crippen molar-refractivity contribution in [3.63, 3.8) is 0 Å². The number of allylic oxidation sites excluding steroid dienone is 2. The first-order valence-corrected chi connectivity index (χ1v) is 18.8. The molecule has 0 bridgehead atoms. The van der Waals surface area contributed by atoms with Crippen molar-refractivity contribution in [2.75, 3.05) is 13.2 Å². The molecule has 0 aliphatic heterocycles. The molecule has 0 fully saturated rings. The number of hydrogen-bond acceptors (Lipinski definition) is 6. The maximum absolute atomic E-state index is 13.8. The van der Waals surface area contributed by atoms with Crippen LogP contribution in [0, 0.1) is 11.8 Å². The zero-order valence-corrected chi connectivity index (χ0v) is 31.1. The molecule has 0 heterocycles. The molecule has 2 amide bonds. The highest BCUT2D eigenvalue weighted by Crippen LogP contribution is 2.20. The first kappa shape index (κ1) is 41.3. The fourth-order valence-electron chi connectivity index (χ4n) is 6.28. The lowest BCUT2D eigenvalue weighted by Gasteiger charge is -2.24. The summed E-state index contributed by atoms with van der Waals surface area (Å²) in [5.74, 6) is -1.35. The molecule has 54 heavy (non-hydrogen) atoms. The minimum Gasteiger partial charge on any atom is -0.489 e. The molecule has 0 saturated carbocycles. The van der Waals surface area contributed by atoms with Crippen LogP contribution in [0.25, 0.3) is 0 Å². The molecular weight excluding hydrogens is 677 g/mol. The van der Waals surface area contributed by atoms with Crippen LogP contribution in [-0.2, 0) is 45.0 Å². The zero-order valence-electron chi connectivity index (χ0n) is 31.1. The second-order valence-corrected chi connectivity index (χ2v) is 13.6. The van der Waals surface area contributed by atoms with Crippen molar-refractivity contribution in [1.82, 2.24) is 10.6 Å². The Morgan fingerprint density at radius 1 is 0.667 bits per heavy atom. The van der Waals surface area contributed by atoms with E-state index in [2.05, 4.69) is 23.8 Å². The fraction of sp³-hybridized carbons (Fsp3) is 0.326. The van der Waals surface area contributed by atoms with Gasteiger partial charge in [0.2, 0.25) is 11.8 Å². The van der Waals surface area contributed by atoms with Crippen LogP contribution >= 0.6 is 0 Å². The maximum Gasteiger partial charge on any atom is 0.309 e. The first-order chi connectivity index (χ1) is 26.4. The summed E-state index contributed by atoms with van der Waals surface area (Å²) in [7, 11) is 0. The lowest BCUT2D eigenvalue weighted by molar-refractivity contribution is -0.150. The monoisotopic (exact) mass is 730 g/mol. The van der Waals surface area contributed by atoms with Crippen molar-refractivity contribution in [1.29, 1.82) is 0 Å². The summed E-state index contributed by atoms with van der Waals surface area (Å²) in [6, 6.07) is 36.0. The van der Waals surface area contributed by atoms with E-state index < -0.39 is 18.0 Å². The first-order valence-electron chi connectivity index (χ1n) is 18.8. The van der Waals surface area contributed by atoms with Crippen LogP contribution < -0.4 is 15.4 Å². The number of amides is 2. The molecule has 4 aromatic carbocycles. The summed E-state index contributed by atoms with van der Waals surface area (Å²) in [6.07, 6.45) is 7.29. The van der Waals surface area contributed by atoms with Gasteiger partial charge in [-0.3, -0.25) is 14.4 Å². The minimum atomic E-state index is -0.713. The maximum atomic E-state index is 13.8. The molecule has 4 rings (SSSR count). The van der Waals surface area contributed by atoms with E-state index in [1.54, 1.807) is 6.08 Å². The molecule has 0 radical (unpaired) electrons. The highest BCUT2D eigenvalue weighted by molar-refractivity contribution is 5.86. The molecule has 4 aromatic rings. The number of hydrogen-bond donors (Lipinski definition) is 3. The van der Waals surface area contributed by atoms with Gasteiger partial charge in [-0.25, -0.2) is 0 Å². The van der Waals surface area contributed by atoms with Crippen molar-refractivity contribution in [3.8, 4) is 5.75 Å². The molecule has 8 nitrogen and oxygen atoms in total. The number of esters is 1.